The SMILES string of the molecule is Cc1cc(C(=O)N2CCC3(CCCCc4ccccc4OC[C@H](CC(C)C)NC3=O)CC2)nn1C. The Bertz CT molecular complexity index is 1020. The van der Waals surface area contributed by atoms with Crippen LogP contribution < -0.4 is 10.1 Å². The second kappa shape index (κ2) is 10.8. The maximum absolute atomic E-state index is 13.8. The molecule has 1 aromatic carbocycles. The number of hydrogen-bond acceptors (Lipinski definition) is 4. The van der Waals surface area contributed by atoms with E-state index < -0.39 is 5.41 Å². The summed E-state index contributed by atoms with van der Waals surface area (Å²) in [5.74, 6) is 1.47. The number of amides is 2. The molecule has 0 unspecified atom stereocenters. The molecule has 1 spiro atoms. The molecule has 2 aliphatic heterocycles. The van der Waals surface area contributed by atoms with Gasteiger partial charge >= 0.3 is 0 Å². The minimum Gasteiger partial charge on any atom is -0.491 e. The summed E-state index contributed by atoms with van der Waals surface area (Å²) >= 11 is 0. The van der Waals surface area contributed by atoms with Crippen LogP contribution >= 0.6 is 0 Å². The van der Waals surface area contributed by atoms with Gasteiger partial charge in [0.2, 0.25) is 5.91 Å². The Morgan fingerprint density at radius 1 is 1.20 bits per heavy atom. The summed E-state index contributed by atoms with van der Waals surface area (Å²) in [5.41, 5.74) is 2.24. The summed E-state index contributed by atoms with van der Waals surface area (Å²) in [6, 6.07) is 10.1. The Labute approximate surface area is 209 Å². The van der Waals surface area contributed by atoms with Crippen LogP contribution in [0.5, 0.6) is 5.75 Å². The molecule has 35 heavy (non-hydrogen) atoms. The number of ether oxygens (including phenoxy) is 1. The summed E-state index contributed by atoms with van der Waals surface area (Å²) in [5, 5.41) is 7.72. The Balaban J connectivity index is 1.50. The molecule has 2 aromatic rings. The average molecular weight is 481 g/mol. The number of nitrogens with one attached hydrogen (secondary N) is 1. The molecule has 1 fully saturated rings. The quantitative estimate of drug-likeness (QED) is 0.711. The summed E-state index contributed by atoms with van der Waals surface area (Å²) in [6.45, 7) is 7.93. The predicted octanol–water partition coefficient (Wildman–Crippen LogP) is 4.29. The number of likely N-dealkylation sites (tertiary alicyclic amines) is 1. The smallest absolute Gasteiger partial charge is 0.274 e. The summed E-state index contributed by atoms with van der Waals surface area (Å²) in [7, 11) is 1.85. The Morgan fingerprint density at radius 2 is 1.94 bits per heavy atom. The van der Waals surface area contributed by atoms with Gasteiger partial charge in [-0.15, -0.1) is 0 Å². The lowest BCUT2D eigenvalue weighted by molar-refractivity contribution is -0.135. The molecule has 0 bridgehead atoms. The highest BCUT2D eigenvalue weighted by Crippen LogP contribution is 2.38. The Hall–Kier alpha value is -2.83. The number of fused-ring (bicyclic) bond motifs is 1. The molecule has 1 aromatic heterocycles. The summed E-state index contributed by atoms with van der Waals surface area (Å²) < 4.78 is 7.96. The molecule has 0 radical (unpaired) electrons. The molecular formula is C28H40N4O3. The summed E-state index contributed by atoms with van der Waals surface area (Å²) in [6.07, 6.45) is 6.02. The van der Waals surface area contributed by atoms with Gasteiger partial charge in [0.15, 0.2) is 5.69 Å². The van der Waals surface area contributed by atoms with Crippen LogP contribution in [0, 0.1) is 18.3 Å². The molecule has 1 N–H and O–H groups in total. The first kappa shape index (κ1) is 25.3. The van der Waals surface area contributed by atoms with Crippen molar-refractivity contribution < 1.29 is 14.3 Å². The van der Waals surface area contributed by atoms with Crippen LogP contribution in [0.1, 0.15) is 74.1 Å². The molecule has 1 atom stereocenters. The Kier molecular flexibility index (Phi) is 7.82. The fraction of sp³-hybridized carbons (Fsp3) is 0.607. The zero-order chi connectivity index (χ0) is 25.0. The molecule has 2 amide bonds. The highest BCUT2D eigenvalue weighted by molar-refractivity contribution is 5.93. The van der Waals surface area contributed by atoms with Crippen molar-refractivity contribution in [3.05, 3.63) is 47.3 Å². The number of benzene rings is 1. The molecule has 0 saturated carbocycles. The molecule has 2 aliphatic rings. The fourth-order valence-corrected chi connectivity index (χ4v) is 5.45. The third-order valence-electron chi connectivity index (χ3n) is 7.68. The third-order valence-corrected chi connectivity index (χ3v) is 7.68. The van der Waals surface area contributed by atoms with E-state index >= 15 is 0 Å². The lowest BCUT2D eigenvalue weighted by atomic mass is 9.73. The van der Waals surface area contributed by atoms with Gasteiger partial charge in [-0.3, -0.25) is 14.3 Å². The van der Waals surface area contributed by atoms with E-state index in [1.807, 2.05) is 37.1 Å². The van der Waals surface area contributed by atoms with Crippen LogP contribution in [0.4, 0.5) is 0 Å². The van der Waals surface area contributed by atoms with E-state index in [9.17, 15) is 9.59 Å². The molecule has 1 saturated heterocycles. The lowest BCUT2D eigenvalue weighted by Crippen LogP contribution is -2.53. The topological polar surface area (TPSA) is 76.5 Å². The normalized spacial score (nSPS) is 21.0. The van der Waals surface area contributed by atoms with E-state index in [-0.39, 0.29) is 17.9 Å². The van der Waals surface area contributed by atoms with Crippen molar-refractivity contribution in [2.45, 2.75) is 71.8 Å². The van der Waals surface area contributed by atoms with Crippen LogP contribution in [0.3, 0.4) is 0 Å². The van der Waals surface area contributed by atoms with Crippen molar-refractivity contribution in [1.82, 2.24) is 20.0 Å². The van der Waals surface area contributed by atoms with Gasteiger partial charge in [-0.25, -0.2) is 0 Å². The van der Waals surface area contributed by atoms with Crippen LogP contribution in [0.25, 0.3) is 0 Å². The monoisotopic (exact) mass is 480 g/mol. The van der Waals surface area contributed by atoms with E-state index in [0.29, 0.717) is 44.1 Å². The maximum Gasteiger partial charge on any atom is 0.274 e. The van der Waals surface area contributed by atoms with Crippen molar-refractivity contribution >= 4 is 11.8 Å². The van der Waals surface area contributed by atoms with Gasteiger partial charge in [-0.1, -0.05) is 38.5 Å². The number of aromatic nitrogens is 2. The van der Waals surface area contributed by atoms with Crippen LogP contribution in [-0.2, 0) is 18.3 Å². The molecule has 4 rings (SSSR count). The average Bonchev–Trinajstić information content (AvgIpc) is 3.18. The van der Waals surface area contributed by atoms with Gasteiger partial charge in [0.05, 0.1) is 11.5 Å². The van der Waals surface area contributed by atoms with Gasteiger partial charge < -0.3 is 15.0 Å². The van der Waals surface area contributed by atoms with Crippen LogP contribution in [0.15, 0.2) is 30.3 Å². The predicted molar refractivity (Wildman–Crippen MR) is 136 cm³/mol. The third kappa shape index (κ3) is 5.88. The van der Waals surface area contributed by atoms with E-state index in [2.05, 4.69) is 36.4 Å². The van der Waals surface area contributed by atoms with Crippen LogP contribution in [-0.4, -0.2) is 52.2 Å². The minimum absolute atomic E-state index is 0.0389. The Morgan fingerprint density at radius 3 is 2.63 bits per heavy atom. The first-order valence-corrected chi connectivity index (χ1v) is 13.1. The largest absolute Gasteiger partial charge is 0.491 e. The second-order valence-corrected chi connectivity index (χ2v) is 10.8. The fourth-order valence-electron chi connectivity index (χ4n) is 5.45. The second-order valence-electron chi connectivity index (χ2n) is 10.8. The highest BCUT2D eigenvalue weighted by Gasteiger charge is 2.43. The van der Waals surface area contributed by atoms with E-state index in [0.717, 1.165) is 43.5 Å². The van der Waals surface area contributed by atoms with E-state index in [4.69, 9.17) is 4.74 Å². The number of piperidine rings is 1. The van der Waals surface area contributed by atoms with Crippen molar-refractivity contribution in [2.75, 3.05) is 19.7 Å². The highest BCUT2D eigenvalue weighted by atomic mass is 16.5. The standard InChI is InChI=1S/C28H40N4O3/c1-20(2)17-23-19-35-25-11-6-5-9-22(25)10-7-8-12-28(27(34)29-23)13-15-32(16-14-28)26(33)24-18-21(3)31(4)30-24/h5-6,9,11,18,20,23H,7-8,10,12-17,19H2,1-4H3,(H,29,34)/t23-/m0/s1. The number of carbonyl (C=O) groups is 2. The van der Waals surface area contributed by atoms with E-state index in [1.54, 1.807) is 4.68 Å². The summed E-state index contributed by atoms with van der Waals surface area (Å²) in [4.78, 5) is 28.7. The minimum atomic E-state index is -0.440. The molecule has 3 heterocycles. The number of nitrogens with zero attached hydrogens (tertiary/aromatic N) is 3. The maximum atomic E-state index is 13.8. The number of rotatable bonds is 3. The number of aryl methyl sites for hydroxylation is 3. The molecular weight excluding hydrogens is 440 g/mol. The molecule has 0 aliphatic carbocycles. The molecule has 190 valence electrons. The number of hydrogen-bond donors (Lipinski definition) is 1. The van der Waals surface area contributed by atoms with Crippen molar-refractivity contribution in [3.63, 3.8) is 0 Å². The zero-order valence-corrected chi connectivity index (χ0v) is 21.7. The first-order valence-electron chi connectivity index (χ1n) is 13.1. The van der Waals surface area contributed by atoms with Gasteiger partial charge in [0, 0.05) is 25.8 Å². The molecule has 7 heteroatoms. The van der Waals surface area contributed by atoms with Gasteiger partial charge in [-0.05, 0) is 69.1 Å². The number of para-hydroxylation sites is 1. The molecule has 7 nitrogen and oxygen atoms in total. The van der Waals surface area contributed by atoms with Crippen molar-refractivity contribution in [2.24, 2.45) is 18.4 Å². The zero-order valence-electron chi connectivity index (χ0n) is 21.7. The van der Waals surface area contributed by atoms with Crippen molar-refractivity contribution in [1.29, 1.82) is 0 Å². The van der Waals surface area contributed by atoms with E-state index in [1.165, 1.54) is 5.56 Å². The van der Waals surface area contributed by atoms with Gasteiger partial charge in [0.25, 0.3) is 5.91 Å². The lowest BCUT2D eigenvalue weighted by Gasteiger charge is -2.41. The van der Waals surface area contributed by atoms with Gasteiger partial charge in [-0.2, -0.15) is 5.10 Å². The van der Waals surface area contributed by atoms with Gasteiger partial charge in [0.1, 0.15) is 12.4 Å². The van der Waals surface area contributed by atoms with Crippen molar-refractivity contribution in [3.8, 4) is 5.75 Å². The first-order chi connectivity index (χ1) is 16.8. The number of carbonyl (C=O) groups excluding carboxylic acids is 2. The van der Waals surface area contributed by atoms with Crippen LogP contribution in [0.2, 0.25) is 0 Å².